The van der Waals surface area contributed by atoms with Crippen molar-refractivity contribution in [2.45, 2.75) is 12.5 Å². The van der Waals surface area contributed by atoms with Crippen LogP contribution in [0.2, 0.25) is 0 Å². The SMILES string of the molecule is CNCC[C@H](Oc1ccc(OC)c2ccccc12)c1cccs1. The highest BCUT2D eigenvalue weighted by Crippen LogP contribution is 2.36. The number of benzene rings is 2. The summed E-state index contributed by atoms with van der Waals surface area (Å²) in [5, 5.41) is 7.46. The molecule has 0 fully saturated rings. The molecule has 1 aromatic heterocycles. The van der Waals surface area contributed by atoms with Crippen molar-refractivity contribution in [3.05, 3.63) is 58.8 Å². The number of methoxy groups -OCH3 is 1. The molecule has 2 aromatic carbocycles. The number of hydrogen-bond acceptors (Lipinski definition) is 4. The maximum Gasteiger partial charge on any atom is 0.134 e. The van der Waals surface area contributed by atoms with Crippen LogP contribution in [-0.4, -0.2) is 20.7 Å². The van der Waals surface area contributed by atoms with Crippen molar-refractivity contribution in [2.24, 2.45) is 0 Å². The second kappa shape index (κ2) is 7.49. The molecule has 1 atom stereocenters. The summed E-state index contributed by atoms with van der Waals surface area (Å²) in [4.78, 5) is 1.25. The van der Waals surface area contributed by atoms with E-state index in [2.05, 4.69) is 35.0 Å². The van der Waals surface area contributed by atoms with E-state index in [1.54, 1.807) is 18.4 Å². The first-order chi connectivity index (χ1) is 11.3. The molecule has 0 spiro atoms. The molecule has 120 valence electrons. The average molecular weight is 327 g/mol. The predicted molar refractivity (Wildman–Crippen MR) is 96.7 cm³/mol. The molecule has 0 radical (unpaired) electrons. The third-order valence-electron chi connectivity index (χ3n) is 3.85. The zero-order chi connectivity index (χ0) is 16.1. The smallest absolute Gasteiger partial charge is 0.134 e. The minimum absolute atomic E-state index is 0.0549. The quantitative estimate of drug-likeness (QED) is 0.686. The Morgan fingerprint density at radius 3 is 2.39 bits per heavy atom. The zero-order valence-electron chi connectivity index (χ0n) is 13.4. The molecular weight excluding hydrogens is 306 g/mol. The second-order valence-corrected chi connectivity index (χ2v) is 6.30. The molecule has 3 aromatic rings. The van der Waals surface area contributed by atoms with Crippen molar-refractivity contribution in [1.29, 1.82) is 0 Å². The minimum Gasteiger partial charge on any atom is -0.496 e. The van der Waals surface area contributed by atoms with Crippen molar-refractivity contribution >= 4 is 22.1 Å². The van der Waals surface area contributed by atoms with Gasteiger partial charge in [0.2, 0.25) is 0 Å². The fourth-order valence-corrected chi connectivity index (χ4v) is 3.48. The Bertz CT molecular complexity index is 755. The van der Waals surface area contributed by atoms with Gasteiger partial charge in [-0.1, -0.05) is 30.3 Å². The molecule has 0 aliphatic heterocycles. The van der Waals surface area contributed by atoms with Crippen molar-refractivity contribution in [1.82, 2.24) is 5.32 Å². The van der Waals surface area contributed by atoms with Gasteiger partial charge < -0.3 is 14.8 Å². The minimum atomic E-state index is 0.0549. The molecule has 3 nitrogen and oxygen atoms in total. The van der Waals surface area contributed by atoms with E-state index in [-0.39, 0.29) is 6.10 Å². The van der Waals surface area contributed by atoms with Crippen molar-refractivity contribution in [3.8, 4) is 11.5 Å². The van der Waals surface area contributed by atoms with Gasteiger partial charge in [0.15, 0.2) is 0 Å². The fourth-order valence-electron chi connectivity index (χ4n) is 2.69. The van der Waals surface area contributed by atoms with Crippen LogP contribution in [0.15, 0.2) is 53.9 Å². The van der Waals surface area contributed by atoms with Gasteiger partial charge in [0.05, 0.1) is 7.11 Å². The van der Waals surface area contributed by atoms with Crippen molar-refractivity contribution in [2.75, 3.05) is 20.7 Å². The summed E-state index contributed by atoms with van der Waals surface area (Å²) in [5.41, 5.74) is 0. The Balaban J connectivity index is 1.95. The second-order valence-electron chi connectivity index (χ2n) is 5.33. The monoisotopic (exact) mass is 327 g/mol. The lowest BCUT2D eigenvalue weighted by molar-refractivity contribution is 0.201. The van der Waals surface area contributed by atoms with Crippen LogP contribution in [0.25, 0.3) is 10.8 Å². The number of rotatable bonds is 7. The highest BCUT2D eigenvalue weighted by Gasteiger charge is 2.16. The largest absolute Gasteiger partial charge is 0.496 e. The first kappa shape index (κ1) is 15.8. The van der Waals surface area contributed by atoms with Gasteiger partial charge in [-0.3, -0.25) is 0 Å². The molecule has 0 saturated carbocycles. The van der Waals surface area contributed by atoms with Crippen LogP contribution in [0.4, 0.5) is 0 Å². The zero-order valence-corrected chi connectivity index (χ0v) is 14.2. The molecule has 3 rings (SSSR count). The molecule has 1 heterocycles. The van der Waals surface area contributed by atoms with Crippen LogP contribution < -0.4 is 14.8 Å². The number of ether oxygens (including phenoxy) is 2. The molecule has 23 heavy (non-hydrogen) atoms. The van der Waals surface area contributed by atoms with Gasteiger partial charge in [-0.25, -0.2) is 0 Å². The predicted octanol–water partition coefficient (Wildman–Crippen LogP) is 4.64. The molecule has 4 heteroatoms. The standard InChI is InChI=1S/C19H21NO2S/c1-20-12-11-18(19-8-5-13-23-19)22-17-10-9-16(21-2)14-6-3-4-7-15(14)17/h3-10,13,18,20H,11-12H2,1-2H3/t18-/m0/s1. The van der Waals surface area contributed by atoms with Gasteiger partial charge in [-0.15, -0.1) is 11.3 Å². The Morgan fingerprint density at radius 1 is 1.00 bits per heavy atom. The van der Waals surface area contributed by atoms with E-state index in [0.29, 0.717) is 0 Å². The van der Waals surface area contributed by atoms with Crippen molar-refractivity contribution in [3.63, 3.8) is 0 Å². The normalized spacial score (nSPS) is 12.3. The van der Waals surface area contributed by atoms with Gasteiger partial charge in [0.1, 0.15) is 17.6 Å². The number of fused-ring (bicyclic) bond motifs is 1. The molecule has 0 saturated heterocycles. The third-order valence-corrected chi connectivity index (χ3v) is 4.81. The lowest BCUT2D eigenvalue weighted by atomic mass is 10.1. The third kappa shape index (κ3) is 3.49. The molecule has 0 aliphatic carbocycles. The number of thiophene rings is 1. The summed E-state index contributed by atoms with van der Waals surface area (Å²) in [6.07, 6.45) is 0.983. The van der Waals surface area contributed by atoms with Crippen LogP contribution in [0.1, 0.15) is 17.4 Å². The summed E-state index contributed by atoms with van der Waals surface area (Å²) in [6, 6.07) is 16.4. The van der Waals surface area contributed by atoms with Crippen molar-refractivity contribution < 1.29 is 9.47 Å². The molecule has 0 aliphatic rings. The van der Waals surface area contributed by atoms with Crippen LogP contribution in [-0.2, 0) is 0 Å². The summed E-state index contributed by atoms with van der Waals surface area (Å²) < 4.78 is 11.8. The first-order valence-corrected chi connectivity index (χ1v) is 8.62. The number of nitrogens with one attached hydrogen (secondary N) is 1. The van der Waals surface area contributed by atoms with E-state index in [0.717, 1.165) is 35.2 Å². The molecular formula is C19H21NO2S. The first-order valence-electron chi connectivity index (χ1n) is 7.74. The number of hydrogen-bond donors (Lipinski definition) is 1. The van der Waals surface area contributed by atoms with E-state index < -0.39 is 0 Å². The summed E-state index contributed by atoms with van der Waals surface area (Å²) >= 11 is 1.74. The maximum atomic E-state index is 6.39. The maximum absolute atomic E-state index is 6.39. The summed E-state index contributed by atoms with van der Waals surface area (Å²) in [5.74, 6) is 1.77. The van der Waals surface area contributed by atoms with Gasteiger partial charge in [0, 0.05) is 22.1 Å². The van der Waals surface area contributed by atoms with Gasteiger partial charge >= 0.3 is 0 Å². The lowest BCUT2D eigenvalue weighted by Crippen LogP contribution is -2.15. The van der Waals surface area contributed by atoms with Crippen LogP contribution in [0.3, 0.4) is 0 Å². The van der Waals surface area contributed by atoms with Gasteiger partial charge in [-0.05, 0) is 37.2 Å². The average Bonchev–Trinajstić information content (AvgIpc) is 3.13. The Labute approximate surface area is 140 Å². The van der Waals surface area contributed by atoms with E-state index in [9.17, 15) is 0 Å². The van der Waals surface area contributed by atoms with E-state index in [1.165, 1.54) is 4.88 Å². The topological polar surface area (TPSA) is 30.5 Å². The Morgan fingerprint density at radius 2 is 1.74 bits per heavy atom. The molecule has 0 bridgehead atoms. The van der Waals surface area contributed by atoms with E-state index in [4.69, 9.17) is 9.47 Å². The fraction of sp³-hybridized carbons (Fsp3) is 0.263. The Kier molecular flexibility index (Phi) is 5.16. The molecule has 1 N–H and O–H groups in total. The highest BCUT2D eigenvalue weighted by molar-refractivity contribution is 7.10. The van der Waals surface area contributed by atoms with E-state index in [1.807, 2.05) is 31.3 Å². The van der Waals surface area contributed by atoms with E-state index >= 15 is 0 Å². The van der Waals surface area contributed by atoms with Crippen LogP contribution in [0, 0.1) is 0 Å². The van der Waals surface area contributed by atoms with Gasteiger partial charge in [0.25, 0.3) is 0 Å². The highest BCUT2D eigenvalue weighted by atomic mass is 32.1. The van der Waals surface area contributed by atoms with Gasteiger partial charge in [-0.2, -0.15) is 0 Å². The summed E-state index contributed by atoms with van der Waals surface area (Å²) in [7, 11) is 3.66. The lowest BCUT2D eigenvalue weighted by Gasteiger charge is -2.20. The van der Waals surface area contributed by atoms with Crippen LogP contribution >= 0.6 is 11.3 Å². The summed E-state index contributed by atoms with van der Waals surface area (Å²) in [6.45, 7) is 0.913. The Hall–Kier alpha value is -2.04. The molecule has 0 amide bonds. The van der Waals surface area contributed by atoms with Crippen LogP contribution in [0.5, 0.6) is 11.5 Å². The molecule has 0 unspecified atom stereocenters.